The monoisotopic (exact) mass is 458 g/mol. The third-order valence-electron chi connectivity index (χ3n) is 4.71. The first kappa shape index (κ1) is 23.6. The van der Waals surface area contributed by atoms with E-state index in [9.17, 15) is 9.18 Å². The van der Waals surface area contributed by atoms with Crippen molar-refractivity contribution in [2.24, 2.45) is 0 Å². The van der Waals surface area contributed by atoms with Gasteiger partial charge in [-0.2, -0.15) is 0 Å². The van der Waals surface area contributed by atoms with Gasteiger partial charge in [-0.3, -0.25) is 4.79 Å². The molecule has 1 heterocycles. The highest BCUT2D eigenvalue weighted by Gasteiger charge is 2.25. The first-order valence-electron chi connectivity index (χ1n) is 10.3. The van der Waals surface area contributed by atoms with Gasteiger partial charge in [0.2, 0.25) is 5.91 Å². The number of anilines is 1. The number of thioether (sulfide) groups is 1. The van der Waals surface area contributed by atoms with E-state index in [1.54, 1.807) is 32.2 Å². The molecule has 2 aromatic carbocycles. The number of benzene rings is 2. The van der Waals surface area contributed by atoms with Crippen LogP contribution in [0.15, 0.2) is 53.7 Å². The fourth-order valence-corrected chi connectivity index (χ4v) is 4.06. The summed E-state index contributed by atoms with van der Waals surface area (Å²) < 4.78 is 27.1. The van der Waals surface area contributed by atoms with Crippen molar-refractivity contribution < 1.29 is 18.7 Å². The van der Waals surface area contributed by atoms with E-state index >= 15 is 0 Å². The highest BCUT2D eigenvalue weighted by Crippen LogP contribution is 2.31. The molecule has 2 atom stereocenters. The van der Waals surface area contributed by atoms with E-state index in [0.717, 1.165) is 0 Å². The fourth-order valence-electron chi connectivity index (χ4n) is 3.07. The molecule has 0 bridgehead atoms. The Morgan fingerprint density at radius 1 is 1.06 bits per heavy atom. The lowest BCUT2D eigenvalue weighted by Crippen LogP contribution is -2.24. The van der Waals surface area contributed by atoms with Crippen molar-refractivity contribution in [3.63, 3.8) is 0 Å². The molecule has 1 amide bonds. The highest BCUT2D eigenvalue weighted by molar-refractivity contribution is 8.00. The van der Waals surface area contributed by atoms with Crippen LogP contribution in [-0.4, -0.2) is 33.0 Å². The molecule has 3 aromatic rings. The van der Waals surface area contributed by atoms with Gasteiger partial charge >= 0.3 is 0 Å². The van der Waals surface area contributed by atoms with Crippen LogP contribution in [0.1, 0.15) is 45.7 Å². The second-order valence-electron chi connectivity index (χ2n) is 7.47. The molecule has 2 unspecified atom stereocenters. The Morgan fingerprint density at radius 2 is 1.78 bits per heavy atom. The van der Waals surface area contributed by atoms with Gasteiger partial charge in [0.1, 0.15) is 17.3 Å². The average Bonchev–Trinajstić information content (AvgIpc) is 3.19. The molecule has 0 radical (unpaired) electrons. The Kier molecular flexibility index (Phi) is 7.74. The lowest BCUT2D eigenvalue weighted by molar-refractivity contribution is -0.115. The van der Waals surface area contributed by atoms with Gasteiger partial charge in [0.15, 0.2) is 17.1 Å². The van der Waals surface area contributed by atoms with E-state index in [0.29, 0.717) is 22.5 Å². The topological polar surface area (TPSA) is 78.3 Å². The molecule has 7 nitrogen and oxygen atoms in total. The Labute approximate surface area is 191 Å². The number of halogens is 1. The molecule has 32 heavy (non-hydrogen) atoms. The van der Waals surface area contributed by atoms with Gasteiger partial charge < -0.3 is 19.4 Å². The van der Waals surface area contributed by atoms with Gasteiger partial charge in [0.25, 0.3) is 0 Å². The molecule has 0 aliphatic rings. The Bertz CT molecular complexity index is 1070. The van der Waals surface area contributed by atoms with Crippen LogP contribution in [0.5, 0.6) is 11.5 Å². The molecule has 1 N–H and O–H groups in total. The first-order chi connectivity index (χ1) is 15.3. The molecule has 0 spiro atoms. The minimum atomic E-state index is -0.515. The molecule has 0 fully saturated rings. The van der Waals surface area contributed by atoms with Crippen LogP contribution >= 0.6 is 11.8 Å². The fraction of sp³-hybridized carbons (Fsp3) is 0.348. The van der Waals surface area contributed by atoms with Gasteiger partial charge in [0.05, 0.1) is 18.0 Å². The number of hydrogen-bond donors (Lipinski definition) is 1. The van der Waals surface area contributed by atoms with E-state index in [1.165, 1.54) is 23.9 Å². The molecular formula is C23H27FN4O3S. The van der Waals surface area contributed by atoms with Crippen molar-refractivity contribution >= 4 is 23.4 Å². The third-order valence-corrected chi connectivity index (χ3v) is 5.76. The summed E-state index contributed by atoms with van der Waals surface area (Å²) in [6, 6.07) is 13.5. The number of ether oxygens (including phenoxy) is 2. The minimum Gasteiger partial charge on any atom is -0.497 e. The zero-order valence-electron chi connectivity index (χ0n) is 18.7. The molecular weight excluding hydrogens is 431 g/mol. The number of amides is 1. The number of nitrogens with one attached hydrogen (secondary N) is 1. The second kappa shape index (κ2) is 10.5. The second-order valence-corrected chi connectivity index (χ2v) is 8.78. The van der Waals surface area contributed by atoms with Gasteiger partial charge in [0, 0.05) is 12.1 Å². The van der Waals surface area contributed by atoms with Crippen LogP contribution in [0.3, 0.4) is 0 Å². The molecule has 0 saturated heterocycles. The normalized spacial score (nSPS) is 13.0. The first-order valence-corrected chi connectivity index (χ1v) is 11.2. The zero-order valence-corrected chi connectivity index (χ0v) is 19.5. The van der Waals surface area contributed by atoms with Crippen molar-refractivity contribution in [2.45, 2.75) is 50.2 Å². The maximum atomic E-state index is 13.9. The van der Waals surface area contributed by atoms with Gasteiger partial charge in [-0.05, 0) is 52.0 Å². The largest absolute Gasteiger partial charge is 0.497 e. The summed E-state index contributed by atoms with van der Waals surface area (Å²) in [6.07, 6.45) is -0.381. The number of para-hydroxylation sites is 1. The van der Waals surface area contributed by atoms with Gasteiger partial charge in [-0.15, -0.1) is 10.2 Å². The van der Waals surface area contributed by atoms with Crippen molar-refractivity contribution in [3.8, 4) is 11.5 Å². The van der Waals surface area contributed by atoms with Crippen molar-refractivity contribution in [2.75, 3.05) is 12.4 Å². The third kappa shape index (κ3) is 5.59. The summed E-state index contributed by atoms with van der Waals surface area (Å²) >= 11 is 1.26. The number of hydrogen-bond acceptors (Lipinski definition) is 6. The van der Waals surface area contributed by atoms with Crippen LogP contribution < -0.4 is 14.8 Å². The van der Waals surface area contributed by atoms with Crippen LogP contribution in [0.25, 0.3) is 0 Å². The number of nitrogens with zero attached hydrogens (tertiary/aromatic N) is 3. The Morgan fingerprint density at radius 3 is 2.47 bits per heavy atom. The molecule has 1 aromatic heterocycles. The number of carbonyl (C=O) groups is 1. The van der Waals surface area contributed by atoms with Gasteiger partial charge in [-0.1, -0.05) is 30.0 Å². The van der Waals surface area contributed by atoms with Crippen LogP contribution in [0, 0.1) is 5.82 Å². The summed E-state index contributed by atoms with van der Waals surface area (Å²) in [5.74, 6) is 1.20. The molecule has 9 heteroatoms. The molecule has 0 aliphatic carbocycles. The number of rotatable bonds is 9. The van der Waals surface area contributed by atoms with Crippen LogP contribution in [0.4, 0.5) is 10.1 Å². The summed E-state index contributed by atoms with van der Waals surface area (Å²) in [5, 5.41) is 11.3. The lowest BCUT2D eigenvalue weighted by atomic mass is 10.3. The SMILES string of the molecule is COc1cccc(OC(C)c2nnc(SC(C)C(=O)Nc3ccccc3F)n2C(C)C)c1. The summed E-state index contributed by atoms with van der Waals surface area (Å²) in [7, 11) is 1.60. The van der Waals surface area contributed by atoms with Crippen molar-refractivity contribution in [3.05, 3.63) is 60.2 Å². The summed E-state index contributed by atoms with van der Waals surface area (Å²) in [6.45, 7) is 7.67. The number of carbonyl (C=O) groups excluding carboxylic acids is 1. The smallest absolute Gasteiger partial charge is 0.237 e. The van der Waals surface area contributed by atoms with E-state index in [2.05, 4.69) is 15.5 Å². The number of methoxy groups -OCH3 is 1. The number of aromatic nitrogens is 3. The predicted molar refractivity (Wildman–Crippen MR) is 123 cm³/mol. The predicted octanol–water partition coefficient (Wildman–Crippen LogP) is 5.27. The Hall–Kier alpha value is -3.07. The van der Waals surface area contributed by atoms with Crippen LogP contribution in [0.2, 0.25) is 0 Å². The standard InChI is InChI=1S/C23H27FN4O3S/c1-14(2)28-21(15(3)31-18-10-8-9-17(13-18)30-5)26-27-23(28)32-16(4)22(29)25-20-12-7-6-11-19(20)24/h6-16H,1-5H3,(H,25,29). The van der Waals surface area contributed by atoms with Crippen molar-refractivity contribution in [1.82, 2.24) is 14.8 Å². The summed E-state index contributed by atoms with van der Waals surface area (Å²) in [5.41, 5.74) is 0.149. The molecule has 0 saturated carbocycles. The van der Waals surface area contributed by atoms with Crippen molar-refractivity contribution in [1.29, 1.82) is 0 Å². The molecule has 170 valence electrons. The Balaban J connectivity index is 1.75. The maximum absolute atomic E-state index is 13.9. The minimum absolute atomic E-state index is 0.0423. The van der Waals surface area contributed by atoms with E-state index in [1.807, 2.05) is 43.5 Å². The van der Waals surface area contributed by atoms with E-state index < -0.39 is 11.1 Å². The summed E-state index contributed by atoms with van der Waals surface area (Å²) in [4.78, 5) is 12.6. The highest BCUT2D eigenvalue weighted by atomic mass is 32.2. The molecule has 3 rings (SSSR count). The van der Waals surface area contributed by atoms with Gasteiger partial charge in [-0.25, -0.2) is 4.39 Å². The van der Waals surface area contributed by atoms with E-state index in [4.69, 9.17) is 9.47 Å². The molecule has 0 aliphatic heterocycles. The lowest BCUT2D eigenvalue weighted by Gasteiger charge is -2.20. The average molecular weight is 459 g/mol. The maximum Gasteiger partial charge on any atom is 0.237 e. The van der Waals surface area contributed by atoms with E-state index in [-0.39, 0.29) is 23.7 Å². The van der Waals surface area contributed by atoms with Crippen LogP contribution in [-0.2, 0) is 4.79 Å². The quantitative estimate of drug-likeness (QED) is 0.441. The zero-order chi connectivity index (χ0) is 23.3.